The van der Waals surface area contributed by atoms with Gasteiger partial charge < -0.3 is 9.73 Å². The summed E-state index contributed by atoms with van der Waals surface area (Å²) in [6.07, 6.45) is -3.05. The van der Waals surface area contributed by atoms with Gasteiger partial charge in [-0.1, -0.05) is 12.1 Å². The van der Waals surface area contributed by atoms with Crippen molar-refractivity contribution in [3.63, 3.8) is 0 Å². The molecule has 0 aliphatic carbocycles. The molecule has 0 aliphatic rings. The normalized spacial score (nSPS) is 13.1. The van der Waals surface area contributed by atoms with E-state index in [9.17, 15) is 30.8 Å². The molecule has 0 aliphatic heterocycles. The minimum Gasteiger partial charge on any atom is -0.443 e. The van der Waals surface area contributed by atoms with E-state index in [4.69, 9.17) is 4.42 Å². The fraction of sp³-hybridized carbons (Fsp3) is 0.174. The standard InChI is InChI=1S/C23H20F4N4O4S/c1-28-18(11-19(29-2)14-3-5-16(6-4-14)23(25,26)27)12-30-21(32)13-31-36(33,34)22-10-15-9-17(24)7-8-20(15)35-22/h3-11,31H,1,12-13H2,2H3,(H,30,32)/b18-11-,29-19+. The lowest BCUT2D eigenvalue weighted by Crippen LogP contribution is -2.37. The van der Waals surface area contributed by atoms with Gasteiger partial charge in [0.1, 0.15) is 11.4 Å². The van der Waals surface area contributed by atoms with Crippen molar-refractivity contribution in [2.45, 2.75) is 11.3 Å². The van der Waals surface area contributed by atoms with Crippen molar-refractivity contribution in [2.24, 2.45) is 9.98 Å². The molecule has 190 valence electrons. The van der Waals surface area contributed by atoms with Gasteiger partial charge in [0.2, 0.25) is 11.0 Å². The van der Waals surface area contributed by atoms with Crippen LogP contribution in [-0.2, 0) is 21.0 Å². The molecule has 0 atom stereocenters. The number of amides is 1. The molecule has 36 heavy (non-hydrogen) atoms. The SMILES string of the molecule is C=N/C(=C\C(=N/C)c1ccc(C(F)(F)F)cc1)CNC(=O)CNS(=O)(=O)c1cc2cc(F)ccc2o1. The van der Waals surface area contributed by atoms with Crippen LogP contribution in [0.15, 0.2) is 79.8 Å². The largest absolute Gasteiger partial charge is 0.443 e. The fourth-order valence-electron chi connectivity index (χ4n) is 3.02. The highest BCUT2D eigenvalue weighted by molar-refractivity contribution is 7.89. The van der Waals surface area contributed by atoms with Gasteiger partial charge in [-0.2, -0.15) is 17.9 Å². The molecule has 0 unspecified atom stereocenters. The van der Waals surface area contributed by atoms with Crippen LogP contribution in [0.3, 0.4) is 0 Å². The lowest BCUT2D eigenvalue weighted by Gasteiger charge is -2.09. The van der Waals surface area contributed by atoms with Gasteiger partial charge in [-0.05, 0) is 48.7 Å². The summed E-state index contributed by atoms with van der Waals surface area (Å²) < 4.78 is 83.7. The van der Waals surface area contributed by atoms with Crippen molar-refractivity contribution >= 4 is 39.3 Å². The van der Waals surface area contributed by atoms with Crippen LogP contribution in [0.1, 0.15) is 11.1 Å². The van der Waals surface area contributed by atoms with Crippen molar-refractivity contribution in [1.82, 2.24) is 10.0 Å². The van der Waals surface area contributed by atoms with Crippen LogP contribution in [0.2, 0.25) is 0 Å². The first-order valence-electron chi connectivity index (χ1n) is 10.2. The summed E-state index contributed by atoms with van der Waals surface area (Å²) in [4.78, 5) is 20.0. The summed E-state index contributed by atoms with van der Waals surface area (Å²) in [5, 5.41) is 2.21. The van der Waals surface area contributed by atoms with Crippen molar-refractivity contribution in [3.05, 3.63) is 77.2 Å². The molecule has 3 rings (SSSR count). The van der Waals surface area contributed by atoms with Crippen molar-refractivity contribution in [2.75, 3.05) is 20.1 Å². The molecule has 0 saturated carbocycles. The quantitative estimate of drug-likeness (QED) is 0.328. The Bertz CT molecular complexity index is 1440. The summed E-state index contributed by atoms with van der Waals surface area (Å²) in [6.45, 7) is 2.60. The predicted octanol–water partition coefficient (Wildman–Crippen LogP) is 3.69. The smallest absolute Gasteiger partial charge is 0.416 e. The van der Waals surface area contributed by atoms with E-state index in [0.29, 0.717) is 11.3 Å². The number of nitrogens with one attached hydrogen (secondary N) is 2. The number of nitrogens with zero attached hydrogens (tertiary/aromatic N) is 2. The zero-order valence-corrected chi connectivity index (χ0v) is 19.6. The van der Waals surface area contributed by atoms with Crippen LogP contribution >= 0.6 is 0 Å². The molecule has 1 amide bonds. The Morgan fingerprint density at radius 3 is 2.42 bits per heavy atom. The summed E-state index contributed by atoms with van der Waals surface area (Å²) in [7, 11) is -2.76. The number of alkyl halides is 3. The van der Waals surface area contributed by atoms with Gasteiger partial charge in [0.25, 0.3) is 10.0 Å². The second-order valence-electron chi connectivity index (χ2n) is 7.33. The number of allylic oxidation sites excluding steroid dienone is 1. The van der Waals surface area contributed by atoms with Crippen LogP contribution < -0.4 is 10.0 Å². The zero-order chi connectivity index (χ0) is 26.5. The second kappa shape index (κ2) is 10.8. The first kappa shape index (κ1) is 26.8. The first-order valence-corrected chi connectivity index (χ1v) is 11.7. The van der Waals surface area contributed by atoms with E-state index in [-0.39, 0.29) is 23.2 Å². The molecular weight excluding hydrogens is 504 g/mol. The number of carbonyl (C=O) groups excluding carboxylic acids is 1. The predicted molar refractivity (Wildman–Crippen MR) is 126 cm³/mol. The van der Waals surface area contributed by atoms with Crippen LogP contribution in [0.25, 0.3) is 11.0 Å². The van der Waals surface area contributed by atoms with E-state index in [1.807, 2.05) is 0 Å². The molecule has 1 heterocycles. The van der Waals surface area contributed by atoms with E-state index in [2.05, 4.69) is 26.7 Å². The molecule has 3 aromatic rings. The van der Waals surface area contributed by atoms with E-state index < -0.39 is 45.1 Å². The number of sulfonamides is 1. The molecule has 1 aromatic heterocycles. The lowest BCUT2D eigenvalue weighted by molar-refractivity contribution is -0.137. The van der Waals surface area contributed by atoms with Crippen molar-refractivity contribution in [3.8, 4) is 0 Å². The fourth-order valence-corrected chi connectivity index (χ4v) is 3.97. The number of hydrogen-bond donors (Lipinski definition) is 2. The number of fused-ring (bicyclic) bond motifs is 1. The van der Waals surface area contributed by atoms with Gasteiger partial charge in [-0.25, -0.2) is 12.8 Å². The Hall–Kier alpha value is -3.84. The van der Waals surface area contributed by atoms with Crippen LogP contribution in [0, 0.1) is 5.82 Å². The molecule has 0 fully saturated rings. The minimum atomic E-state index is -4.47. The van der Waals surface area contributed by atoms with E-state index >= 15 is 0 Å². The zero-order valence-electron chi connectivity index (χ0n) is 18.8. The van der Waals surface area contributed by atoms with E-state index in [0.717, 1.165) is 30.3 Å². The molecule has 2 aromatic carbocycles. The summed E-state index contributed by atoms with van der Waals surface area (Å²) >= 11 is 0. The molecule has 2 N–H and O–H groups in total. The number of aliphatic imine (C=N–C) groups is 2. The van der Waals surface area contributed by atoms with E-state index in [1.54, 1.807) is 0 Å². The number of hydrogen-bond acceptors (Lipinski definition) is 6. The molecule has 0 radical (unpaired) electrons. The third kappa shape index (κ3) is 6.64. The Morgan fingerprint density at radius 1 is 1.11 bits per heavy atom. The summed E-state index contributed by atoms with van der Waals surface area (Å²) in [5.74, 6) is -1.27. The molecule has 0 spiro atoms. The third-order valence-corrected chi connectivity index (χ3v) is 6.12. The highest BCUT2D eigenvalue weighted by Crippen LogP contribution is 2.29. The molecule has 13 heteroatoms. The molecule has 0 saturated heterocycles. The van der Waals surface area contributed by atoms with Gasteiger partial charge in [0.05, 0.1) is 30.1 Å². The number of furan rings is 1. The number of rotatable bonds is 9. The number of carbonyl (C=O) groups is 1. The summed E-state index contributed by atoms with van der Waals surface area (Å²) in [6, 6.07) is 8.99. The van der Waals surface area contributed by atoms with Gasteiger partial charge in [-0.3, -0.25) is 14.8 Å². The monoisotopic (exact) mass is 524 g/mol. The Labute approximate surface area is 203 Å². The van der Waals surface area contributed by atoms with Crippen LogP contribution in [0.5, 0.6) is 0 Å². The Kier molecular flexibility index (Phi) is 8.05. The van der Waals surface area contributed by atoms with Crippen molar-refractivity contribution < 1.29 is 35.2 Å². The average Bonchev–Trinajstić information content (AvgIpc) is 3.27. The highest BCUT2D eigenvalue weighted by atomic mass is 32.2. The lowest BCUT2D eigenvalue weighted by atomic mass is 10.1. The maximum Gasteiger partial charge on any atom is 0.416 e. The average molecular weight is 524 g/mol. The van der Waals surface area contributed by atoms with E-state index in [1.165, 1.54) is 31.3 Å². The molecule has 8 nitrogen and oxygen atoms in total. The number of halogens is 4. The first-order chi connectivity index (χ1) is 16.9. The second-order valence-corrected chi connectivity index (χ2v) is 9.02. The number of benzene rings is 2. The van der Waals surface area contributed by atoms with Gasteiger partial charge in [-0.15, -0.1) is 0 Å². The third-order valence-electron chi connectivity index (χ3n) is 4.87. The highest BCUT2D eigenvalue weighted by Gasteiger charge is 2.30. The van der Waals surface area contributed by atoms with Gasteiger partial charge in [0, 0.05) is 18.5 Å². The summed E-state index contributed by atoms with van der Waals surface area (Å²) in [5.41, 5.74) is 0.261. The molecule has 0 bridgehead atoms. The van der Waals surface area contributed by atoms with Crippen LogP contribution in [0.4, 0.5) is 17.6 Å². The maximum absolute atomic E-state index is 13.3. The van der Waals surface area contributed by atoms with Gasteiger partial charge >= 0.3 is 6.18 Å². The molecular formula is C23H20F4N4O4S. The maximum atomic E-state index is 13.3. The Morgan fingerprint density at radius 2 is 1.81 bits per heavy atom. The van der Waals surface area contributed by atoms with Crippen molar-refractivity contribution in [1.29, 1.82) is 0 Å². The van der Waals surface area contributed by atoms with Crippen LogP contribution in [-0.4, -0.2) is 46.9 Å². The van der Waals surface area contributed by atoms with Gasteiger partial charge in [0.15, 0.2) is 0 Å². The minimum absolute atomic E-state index is 0.159. The topological polar surface area (TPSA) is 113 Å². The Balaban J connectivity index is 1.61.